The summed E-state index contributed by atoms with van der Waals surface area (Å²) < 4.78 is 5.31. The van der Waals surface area contributed by atoms with Gasteiger partial charge in [-0.3, -0.25) is 4.79 Å². The zero-order valence-electron chi connectivity index (χ0n) is 11.0. The number of alkyl halides is 1. The van der Waals surface area contributed by atoms with Crippen molar-refractivity contribution < 1.29 is 9.21 Å². The van der Waals surface area contributed by atoms with Crippen molar-refractivity contribution in [2.75, 3.05) is 5.32 Å². The summed E-state index contributed by atoms with van der Waals surface area (Å²) in [5.41, 5.74) is 2.38. The Balaban J connectivity index is 2.27. The molecule has 5 heteroatoms. The summed E-state index contributed by atoms with van der Waals surface area (Å²) in [7, 11) is 0. The maximum absolute atomic E-state index is 12.2. The average molecular weight is 323 g/mol. The van der Waals surface area contributed by atoms with E-state index >= 15 is 0 Å². The standard InChI is InChI=1S/C14H15BrN2O2/c1-8(15)11-6-4-5-7-12(11)17-14(18)13-9(2)16-10(3)19-13/h4-8H,1-3H3,(H,17,18). The highest BCUT2D eigenvalue weighted by Gasteiger charge is 2.17. The molecule has 0 bridgehead atoms. The van der Waals surface area contributed by atoms with Crippen LogP contribution < -0.4 is 5.32 Å². The number of nitrogens with one attached hydrogen (secondary N) is 1. The summed E-state index contributed by atoms with van der Waals surface area (Å²) in [6.45, 7) is 5.48. The fourth-order valence-corrected chi connectivity index (χ4v) is 2.28. The second-order valence-electron chi connectivity index (χ2n) is 4.30. The van der Waals surface area contributed by atoms with Crippen molar-refractivity contribution in [3.8, 4) is 0 Å². The minimum Gasteiger partial charge on any atom is -0.436 e. The number of amides is 1. The van der Waals surface area contributed by atoms with Crippen molar-refractivity contribution in [1.82, 2.24) is 4.98 Å². The minimum absolute atomic E-state index is 0.154. The smallest absolute Gasteiger partial charge is 0.293 e. The van der Waals surface area contributed by atoms with E-state index in [4.69, 9.17) is 4.42 Å². The quantitative estimate of drug-likeness (QED) is 0.869. The molecule has 1 amide bonds. The summed E-state index contributed by atoms with van der Waals surface area (Å²) >= 11 is 3.51. The Hall–Kier alpha value is -1.62. The Morgan fingerprint density at radius 3 is 2.63 bits per heavy atom. The number of hydrogen-bond acceptors (Lipinski definition) is 3. The van der Waals surface area contributed by atoms with Crippen LogP contribution in [0, 0.1) is 13.8 Å². The van der Waals surface area contributed by atoms with Crippen LogP contribution in [-0.2, 0) is 0 Å². The third kappa shape index (κ3) is 3.04. The van der Waals surface area contributed by atoms with Crippen LogP contribution in [0.2, 0.25) is 0 Å². The van der Waals surface area contributed by atoms with E-state index in [1.165, 1.54) is 0 Å². The van der Waals surface area contributed by atoms with E-state index < -0.39 is 0 Å². The van der Waals surface area contributed by atoms with E-state index in [9.17, 15) is 4.79 Å². The van der Waals surface area contributed by atoms with Crippen LogP contribution in [0.1, 0.15) is 39.5 Å². The van der Waals surface area contributed by atoms with Crippen molar-refractivity contribution >= 4 is 27.5 Å². The Labute approximate surface area is 120 Å². The number of hydrogen-bond donors (Lipinski definition) is 1. The summed E-state index contributed by atoms with van der Waals surface area (Å²) in [6, 6.07) is 7.65. The summed E-state index contributed by atoms with van der Waals surface area (Å²) in [6.07, 6.45) is 0. The molecule has 2 rings (SSSR count). The van der Waals surface area contributed by atoms with Gasteiger partial charge in [0.15, 0.2) is 5.89 Å². The van der Waals surface area contributed by atoms with Crippen LogP contribution in [0.25, 0.3) is 0 Å². The first-order chi connectivity index (χ1) is 8.99. The topological polar surface area (TPSA) is 55.1 Å². The van der Waals surface area contributed by atoms with Gasteiger partial charge < -0.3 is 9.73 Å². The molecule has 100 valence electrons. The van der Waals surface area contributed by atoms with E-state index in [2.05, 4.69) is 26.2 Å². The number of para-hydroxylation sites is 1. The van der Waals surface area contributed by atoms with Crippen molar-refractivity contribution in [1.29, 1.82) is 0 Å². The van der Waals surface area contributed by atoms with E-state index in [0.717, 1.165) is 11.3 Å². The Bertz CT molecular complexity index is 605. The first-order valence-corrected chi connectivity index (χ1v) is 6.89. The van der Waals surface area contributed by atoms with Crippen LogP contribution in [0.3, 0.4) is 0 Å². The molecule has 4 nitrogen and oxygen atoms in total. The van der Waals surface area contributed by atoms with Crippen molar-refractivity contribution in [2.24, 2.45) is 0 Å². The first-order valence-electron chi connectivity index (χ1n) is 5.97. The second kappa shape index (κ2) is 5.57. The highest BCUT2D eigenvalue weighted by atomic mass is 79.9. The first kappa shape index (κ1) is 13.8. The largest absolute Gasteiger partial charge is 0.436 e. The third-order valence-corrected chi connectivity index (χ3v) is 3.24. The molecule has 0 radical (unpaired) electrons. The number of carbonyl (C=O) groups is 1. The van der Waals surface area contributed by atoms with Crippen LogP contribution in [-0.4, -0.2) is 10.9 Å². The van der Waals surface area contributed by atoms with Gasteiger partial charge in [-0.1, -0.05) is 34.1 Å². The predicted octanol–water partition coefficient (Wildman–Crippen LogP) is 4.00. The van der Waals surface area contributed by atoms with Crippen LogP contribution >= 0.6 is 15.9 Å². The summed E-state index contributed by atoms with van der Waals surface area (Å²) in [5, 5.41) is 2.86. The van der Waals surface area contributed by atoms with Crippen LogP contribution in [0.15, 0.2) is 28.7 Å². The zero-order chi connectivity index (χ0) is 14.0. The highest BCUT2D eigenvalue weighted by molar-refractivity contribution is 9.09. The van der Waals surface area contributed by atoms with Crippen LogP contribution in [0.4, 0.5) is 5.69 Å². The Morgan fingerprint density at radius 1 is 1.37 bits per heavy atom. The van der Waals surface area contributed by atoms with Crippen molar-refractivity contribution in [2.45, 2.75) is 25.6 Å². The number of oxazole rings is 1. The number of halogens is 1. The predicted molar refractivity (Wildman–Crippen MR) is 77.7 cm³/mol. The van der Waals surface area contributed by atoms with Gasteiger partial charge in [0.1, 0.15) is 0 Å². The average Bonchev–Trinajstić information content (AvgIpc) is 2.69. The van der Waals surface area contributed by atoms with Gasteiger partial charge in [0.2, 0.25) is 5.76 Å². The maximum Gasteiger partial charge on any atom is 0.293 e. The summed E-state index contributed by atoms with van der Waals surface area (Å²) in [5.74, 6) is 0.470. The molecule has 0 saturated heterocycles. The fraction of sp³-hybridized carbons (Fsp3) is 0.286. The molecule has 1 atom stereocenters. The molecule has 0 spiro atoms. The Kier molecular flexibility index (Phi) is 4.04. The number of nitrogens with zero attached hydrogens (tertiary/aromatic N) is 1. The van der Waals surface area contributed by atoms with Gasteiger partial charge in [0.05, 0.1) is 5.69 Å². The molecule has 0 fully saturated rings. The van der Waals surface area contributed by atoms with Crippen molar-refractivity contribution in [3.05, 3.63) is 47.2 Å². The molecule has 1 aromatic carbocycles. The third-order valence-electron chi connectivity index (χ3n) is 2.75. The number of rotatable bonds is 3. The van der Waals surface area contributed by atoms with Gasteiger partial charge in [-0.2, -0.15) is 0 Å². The van der Waals surface area contributed by atoms with Gasteiger partial charge in [-0.05, 0) is 25.5 Å². The van der Waals surface area contributed by atoms with Crippen molar-refractivity contribution in [3.63, 3.8) is 0 Å². The molecule has 0 aliphatic carbocycles. The van der Waals surface area contributed by atoms with Gasteiger partial charge in [0.25, 0.3) is 5.91 Å². The van der Waals surface area contributed by atoms with E-state index in [-0.39, 0.29) is 16.5 Å². The lowest BCUT2D eigenvalue weighted by Crippen LogP contribution is -2.13. The molecule has 1 aromatic heterocycles. The molecular weight excluding hydrogens is 308 g/mol. The lowest BCUT2D eigenvalue weighted by molar-refractivity contribution is 0.0994. The molecule has 2 aromatic rings. The Morgan fingerprint density at radius 2 is 2.05 bits per heavy atom. The molecule has 1 N–H and O–H groups in total. The number of carbonyl (C=O) groups excluding carboxylic acids is 1. The van der Waals surface area contributed by atoms with E-state index in [0.29, 0.717) is 11.6 Å². The lowest BCUT2D eigenvalue weighted by atomic mass is 10.1. The van der Waals surface area contributed by atoms with Gasteiger partial charge in [0, 0.05) is 17.4 Å². The normalized spacial score (nSPS) is 12.2. The molecule has 0 aliphatic heterocycles. The van der Waals surface area contributed by atoms with Crippen LogP contribution in [0.5, 0.6) is 0 Å². The molecule has 1 unspecified atom stereocenters. The number of anilines is 1. The molecule has 0 aliphatic rings. The number of benzene rings is 1. The number of aryl methyl sites for hydroxylation is 2. The summed E-state index contributed by atoms with van der Waals surface area (Å²) in [4.78, 5) is 16.4. The molecular formula is C14H15BrN2O2. The fourth-order valence-electron chi connectivity index (χ4n) is 1.88. The monoisotopic (exact) mass is 322 g/mol. The maximum atomic E-state index is 12.2. The highest BCUT2D eigenvalue weighted by Crippen LogP contribution is 2.29. The lowest BCUT2D eigenvalue weighted by Gasteiger charge is -2.11. The zero-order valence-corrected chi connectivity index (χ0v) is 12.6. The SMILES string of the molecule is Cc1nc(C)c(C(=O)Nc2ccccc2C(C)Br)o1. The second-order valence-corrected chi connectivity index (χ2v) is 5.68. The molecule has 19 heavy (non-hydrogen) atoms. The number of aromatic nitrogens is 1. The minimum atomic E-state index is -0.279. The van der Waals surface area contributed by atoms with Gasteiger partial charge in [-0.25, -0.2) is 4.98 Å². The van der Waals surface area contributed by atoms with Gasteiger partial charge in [-0.15, -0.1) is 0 Å². The van der Waals surface area contributed by atoms with E-state index in [1.807, 2.05) is 31.2 Å². The molecule has 0 saturated carbocycles. The van der Waals surface area contributed by atoms with E-state index in [1.54, 1.807) is 13.8 Å². The molecule has 1 heterocycles. The van der Waals surface area contributed by atoms with Gasteiger partial charge >= 0.3 is 0 Å².